The highest BCUT2D eigenvalue weighted by Gasteiger charge is 2.58. The van der Waals surface area contributed by atoms with Gasteiger partial charge in [0.25, 0.3) is 0 Å². The molecule has 2 aliphatic rings. The highest BCUT2D eigenvalue weighted by atomic mass is 16.8. The molecule has 8 N–H and O–H groups in total. The summed E-state index contributed by atoms with van der Waals surface area (Å²) >= 11 is 0. The minimum Gasteiger partial charge on any atom is -0.394 e. The largest absolute Gasteiger partial charge is 0.394 e. The molecule has 2 aliphatic heterocycles. The number of rotatable bonds is 6. The van der Waals surface area contributed by atoms with Crippen molar-refractivity contribution in [1.82, 2.24) is 0 Å². The summed E-state index contributed by atoms with van der Waals surface area (Å²) in [7, 11) is 0. The fraction of sp³-hybridized carbons (Fsp3) is 1.00. The summed E-state index contributed by atoms with van der Waals surface area (Å²) in [5.74, 6) is -2.20. The second-order valence-corrected chi connectivity index (χ2v) is 5.56. The van der Waals surface area contributed by atoms with Crippen LogP contribution in [0.5, 0.6) is 0 Å². The van der Waals surface area contributed by atoms with Crippen LogP contribution in [0.3, 0.4) is 0 Å². The SMILES string of the molecule is OC[C@@H](O)[C@H]1OC(OC2(CO)O[C@H](CO)[C@@H](O)[C@@H]2O)[C@H](O)[C@H]1O. The van der Waals surface area contributed by atoms with Crippen LogP contribution in [-0.2, 0) is 14.2 Å². The van der Waals surface area contributed by atoms with Crippen LogP contribution >= 0.6 is 0 Å². The Morgan fingerprint density at radius 1 is 1.00 bits per heavy atom. The summed E-state index contributed by atoms with van der Waals surface area (Å²) in [6, 6.07) is 0. The first-order valence-electron chi connectivity index (χ1n) is 7.05. The summed E-state index contributed by atoms with van der Waals surface area (Å²) in [4.78, 5) is 0. The maximum atomic E-state index is 9.98. The van der Waals surface area contributed by atoms with E-state index < -0.39 is 74.6 Å². The first-order valence-corrected chi connectivity index (χ1v) is 7.05. The Hall–Kier alpha value is -0.440. The average molecular weight is 342 g/mol. The van der Waals surface area contributed by atoms with Crippen LogP contribution < -0.4 is 0 Å². The average Bonchev–Trinajstić information content (AvgIpc) is 2.97. The van der Waals surface area contributed by atoms with Gasteiger partial charge in [-0.1, -0.05) is 0 Å². The van der Waals surface area contributed by atoms with Crippen LogP contribution in [0.15, 0.2) is 0 Å². The molecule has 136 valence electrons. The van der Waals surface area contributed by atoms with Crippen molar-refractivity contribution in [2.45, 2.75) is 54.8 Å². The maximum Gasteiger partial charge on any atom is 0.224 e. The Labute approximate surface area is 130 Å². The normalized spacial score (nSPS) is 48.8. The summed E-state index contributed by atoms with van der Waals surface area (Å²) in [6.07, 6.45) is -12.3. The zero-order valence-electron chi connectivity index (χ0n) is 12.0. The Kier molecular flexibility index (Phi) is 5.92. The molecule has 0 spiro atoms. The lowest BCUT2D eigenvalue weighted by atomic mass is 10.0. The molecule has 23 heavy (non-hydrogen) atoms. The molecule has 2 heterocycles. The molecule has 2 rings (SSSR count). The highest BCUT2D eigenvalue weighted by molar-refractivity contribution is 4.98. The molecule has 0 aromatic heterocycles. The molecular formula is C12H22O11. The van der Waals surface area contributed by atoms with Gasteiger partial charge in [-0.15, -0.1) is 0 Å². The highest BCUT2D eigenvalue weighted by Crippen LogP contribution is 2.36. The quantitative estimate of drug-likeness (QED) is 0.230. The summed E-state index contributed by atoms with van der Waals surface area (Å²) in [6.45, 7) is -2.35. The third-order valence-corrected chi connectivity index (χ3v) is 4.04. The zero-order chi connectivity index (χ0) is 17.4. The van der Waals surface area contributed by atoms with E-state index in [1.807, 2.05) is 0 Å². The summed E-state index contributed by atoms with van der Waals surface area (Å²) in [5.41, 5.74) is 0. The predicted molar refractivity (Wildman–Crippen MR) is 68.6 cm³/mol. The number of ether oxygens (including phenoxy) is 3. The Balaban J connectivity index is 2.13. The van der Waals surface area contributed by atoms with Gasteiger partial charge in [0.05, 0.1) is 13.2 Å². The van der Waals surface area contributed by atoms with Crippen LogP contribution in [-0.4, -0.2) is 115 Å². The van der Waals surface area contributed by atoms with E-state index in [1.54, 1.807) is 0 Å². The Morgan fingerprint density at radius 3 is 2.13 bits per heavy atom. The molecular weight excluding hydrogens is 320 g/mol. The first kappa shape index (κ1) is 18.9. The molecule has 2 unspecified atom stereocenters. The lowest BCUT2D eigenvalue weighted by Crippen LogP contribution is -2.52. The molecule has 0 saturated carbocycles. The van der Waals surface area contributed by atoms with Crippen molar-refractivity contribution in [1.29, 1.82) is 0 Å². The van der Waals surface area contributed by atoms with Gasteiger partial charge in [-0.25, -0.2) is 0 Å². The second kappa shape index (κ2) is 7.21. The van der Waals surface area contributed by atoms with Gasteiger partial charge < -0.3 is 55.1 Å². The smallest absolute Gasteiger partial charge is 0.224 e. The molecule has 11 heteroatoms. The van der Waals surface area contributed by atoms with Gasteiger partial charge in [-0.05, 0) is 0 Å². The number of aliphatic hydroxyl groups excluding tert-OH is 8. The van der Waals surface area contributed by atoms with Crippen molar-refractivity contribution in [3.8, 4) is 0 Å². The molecule has 0 amide bonds. The van der Waals surface area contributed by atoms with E-state index in [9.17, 15) is 30.6 Å². The minimum atomic E-state index is -2.20. The lowest BCUT2D eigenvalue weighted by molar-refractivity contribution is -0.342. The molecule has 0 bridgehead atoms. The topological polar surface area (TPSA) is 190 Å². The van der Waals surface area contributed by atoms with E-state index in [2.05, 4.69) is 0 Å². The van der Waals surface area contributed by atoms with Crippen LogP contribution in [0.1, 0.15) is 0 Å². The summed E-state index contributed by atoms with van der Waals surface area (Å²) < 4.78 is 15.4. The van der Waals surface area contributed by atoms with Gasteiger partial charge in [0.1, 0.15) is 49.3 Å². The van der Waals surface area contributed by atoms with E-state index in [0.29, 0.717) is 0 Å². The lowest BCUT2D eigenvalue weighted by Gasteiger charge is -2.33. The maximum absolute atomic E-state index is 9.98. The number of hydrogen-bond acceptors (Lipinski definition) is 11. The van der Waals surface area contributed by atoms with Gasteiger partial charge in [0.2, 0.25) is 5.79 Å². The van der Waals surface area contributed by atoms with Gasteiger partial charge in [-0.2, -0.15) is 0 Å². The fourth-order valence-corrected chi connectivity index (χ4v) is 2.66. The van der Waals surface area contributed by atoms with Gasteiger partial charge in [0.15, 0.2) is 6.29 Å². The molecule has 9 atom stereocenters. The third kappa shape index (κ3) is 3.23. The monoisotopic (exact) mass is 342 g/mol. The van der Waals surface area contributed by atoms with Crippen molar-refractivity contribution in [2.24, 2.45) is 0 Å². The van der Waals surface area contributed by atoms with Gasteiger partial charge >= 0.3 is 0 Å². The van der Waals surface area contributed by atoms with E-state index in [1.165, 1.54) is 0 Å². The van der Waals surface area contributed by atoms with E-state index in [4.69, 9.17) is 24.4 Å². The van der Waals surface area contributed by atoms with E-state index in [0.717, 1.165) is 0 Å². The minimum absolute atomic E-state index is 0.661. The molecule has 0 aromatic rings. The Morgan fingerprint density at radius 2 is 1.65 bits per heavy atom. The Bertz CT molecular complexity index is 395. The molecule has 0 aliphatic carbocycles. The number of aliphatic hydroxyl groups is 8. The first-order chi connectivity index (χ1) is 10.8. The standard InChI is InChI=1S/C12H22O11/c13-1-4(16)9-7(18)8(19)11(21-9)23-12(3-15)10(20)6(17)5(2-14)22-12/h4-11,13-20H,1-3H2/t4-,5-,6-,7-,8-,9-,10+,11?,12?/m1/s1. The molecule has 11 nitrogen and oxygen atoms in total. The second-order valence-electron chi connectivity index (χ2n) is 5.56. The van der Waals surface area contributed by atoms with Crippen molar-refractivity contribution >= 4 is 0 Å². The van der Waals surface area contributed by atoms with E-state index >= 15 is 0 Å². The van der Waals surface area contributed by atoms with E-state index in [-0.39, 0.29) is 0 Å². The summed E-state index contributed by atoms with van der Waals surface area (Å²) in [5, 5.41) is 76.3. The fourth-order valence-electron chi connectivity index (χ4n) is 2.66. The van der Waals surface area contributed by atoms with Crippen LogP contribution in [0.4, 0.5) is 0 Å². The molecule has 2 saturated heterocycles. The van der Waals surface area contributed by atoms with Crippen LogP contribution in [0.2, 0.25) is 0 Å². The predicted octanol–water partition coefficient (Wildman–Crippen LogP) is -5.40. The van der Waals surface area contributed by atoms with Crippen molar-refractivity contribution in [2.75, 3.05) is 19.8 Å². The third-order valence-electron chi connectivity index (χ3n) is 4.04. The van der Waals surface area contributed by atoms with Crippen molar-refractivity contribution in [3.63, 3.8) is 0 Å². The molecule has 2 fully saturated rings. The van der Waals surface area contributed by atoms with Crippen molar-refractivity contribution < 1.29 is 55.1 Å². The molecule has 0 radical (unpaired) electrons. The van der Waals surface area contributed by atoms with Gasteiger partial charge in [0, 0.05) is 0 Å². The van der Waals surface area contributed by atoms with Gasteiger partial charge in [-0.3, -0.25) is 0 Å². The zero-order valence-corrected chi connectivity index (χ0v) is 12.0. The molecule has 0 aromatic carbocycles. The number of hydrogen-bond donors (Lipinski definition) is 8. The van der Waals surface area contributed by atoms with Crippen molar-refractivity contribution in [3.05, 3.63) is 0 Å². The van der Waals surface area contributed by atoms with Crippen LogP contribution in [0, 0.1) is 0 Å². The van der Waals surface area contributed by atoms with Crippen LogP contribution in [0.25, 0.3) is 0 Å².